The van der Waals surface area contributed by atoms with Gasteiger partial charge in [-0.15, -0.1) is 11.8 Å². The second-order valence-corrected chi connectivity index (χ2v) is 6.35. The van der Waals surface area contributed by atoms with E-state index in [2.05, 4.69) is 42.1 Å². The maximum absolute atomic E-state index is 5.60. The van der Waals surface area contributed by atoms with Gasteiger partial charge in [-0.3, -0.25) is 0 Å². The highest BCUT2D eigenvalue weighted by Gasteiger charge is 2.47. The Bertz CT molecular complexity index is 339. The molecule has 1 saturated carbocycles. The Kier molecular flexibility index (Phi) is 2.95. The van der Waals surface area contributed by atoms with Crippen molar-refractivity contribution in [2.75, 3.05) is 6.61 Å². The van der Waals surface area contributed by atoms with Crippen LogP contribution < -0.4 is 0 Å². The van der Waals surface area contributed by atoms with Crippen LogP contribution in [-0.2, 0) is 4.74 Å². The minimum atomic E-state index is 0.388. The van der Waals surface area contributed by atoms with Gasteiger partial charge < -0.3 is 4.74 Å². The molecule has 0 radical (unpaired) electrons. The van der Waals surface area contributed by atoms with Crippen LogP contribution in [0.5, 0.6) is 0 Å². The highest BCUT2D eigenvalue weighted by atomic mass is 32.2. The predicted octanol–water partition coefficient (Wildman–Crippen LogP) is 3.88. The molecule has 0 N–H and O–H groups in total. The molecule has 2 heteroatoms. The summed E-state index contributed by atoms with van der Waals surface area (Å²) in [6.45, 7) is 0.986. The van der Waals surface area contributed by atoms with Crippen molar-refractivity contribution >= 4 is 11.8 Å². The van der Waals surface area contributed by atoms with Gasteiger partial charge in [0.25, 0.3) is 0 Å². The van der Waals surface area contributed by atoms with Crippen molar-refractivity contribution in [1.29, 1.82) is 0 Å². The van der Waals surface area contributed by atoms with E-state index in [0.717, 1.165) is 6.61 Å². The quantitative estimate of drug-likeness (QED) is 0.736. The molecule has 2 aliphatic rings. The first-order chi connectivity index (χ1) is 7.89. The van der Waals surface area contributed by atoms with Gasteiger partial charge in [-0.05, 0) is 25.0 Å². The van der Waals surface area contributed by atoms with Crippen molar-refractivity contribution in [3.63, 3.8) is 0 Å². The molecule has 0 spiro atoms. The van der Waals surface area contributed by atoms with Crippen LogP contribution >= 0.6 is 11.8 Å². The van der Waals surface area contributed by atoms with Gasteiger partial charge in [0, 0.05) is 9.64 Å². The molecule has 0 amide bonds. The van der Waals surface area contributed by atoms with Crippen molar-refractivity contribution in [2.45, 2.75) is 47.9 Å². The lowest BCUT2D eigenvalue weighted by atomic mass is 9.86. The monoisotopic (exact) mass is 234 g/mol. The highest BCUT2D eigenvalue weighted by Crippen LogP contribution is 2.50. The van der Waals surface area contributed by atoms with Crippen molar-refractivity contribution in [3.05, 3.63) is 30.3 Å². The fourth-order valence-corrected chi connectivity index (χ4v) is 4.24. The van der Waals surface area contributed by atoms with Crippen LogP contribution in [-0.4, -0.2) is 17.5 Å². The number of ether oxygens (including phenoxy) is 1. The Balaban J connectivity index is 1.78. The Morgan fingerprint density at radius 2 is 1.75 bits per heavy atom. The second-order valence-electron chi connectivity index (χ2n) is 4.86. The van der Waals surface area contributed by atoms with Gasteiger partial charge >= 0.3 is 0 Å². The first kappa shape index (κ1) is 10.7. The van der Waals surface area contributed by atoms with Gasteiger partial charge in [0.15, 0.2) is 0 Å². The highest BCUT2D eigenvalue weighted by molar-refractivity contribution is 8.00. The molecular formula is C14H18OS. The average molecular weight is 234 g/mol. The summed E-state index contributed by atoms with van der Waals surface area (Å²) in [4.78, 5) is 1.40. The van der Waals surface area contributed by atoms with E-state index < -0.39 is 0 Å². The summed E-state index contributed by atoms with van der Waals surface area (Å²) in [5, 5.41) is 0. The van der Waals surface area contributed by atoms with E-state index in [1.165, 1.54) is 37.0 Å². The minimum absolute atomic E-state index is 0.388. The molecule has 1 aromatic carbocycles. The Hall–Kier alpha value is -0.470. The van der Waals surface area contributed by atoms with Gasteiger partial charge in [-0.1, -0.05) is 37.5 Å². The molecule has 1 unspecified atom stereocenters. The zero-order chi connectivity index (χ0) is 10.8. The first-order valence-electron chi connectivity index (χ1n) is 6.25. The van der Waals surface area contributed by atoms with Crippen molar-refractivity contribution in [3.8, 4) is 0 Å². The predicted molar refractivity (Wildman–Crippen MR) is 67.9 cm³/mol. The molecule has 1 aliphatic heterocycles. The molecule has 1 aromatic rings. The van der Waals surface area contributed by atoms with E-state index in [1.54, 1.807) is 0 Å². The van der Waals surface area contributed by atoms with E-state index in [-0.39, 0.29) is 0 Å². The number of benzene rings is 1. The molecule has 0 aromatic heterocycles. The standard InChI is InChI=1S/C14H18OS/c1-3-7-12(8-4-1)16-14(13-11-15-13)9-5-2-6-10-14/h1,3-4,7-8,13H,2,5-6,9-11H2. The van der Waals surface area contributed by atoms with Gasteiger partial charge in [0.05, 0.1) is 12.7 Å². The van der Waals surface area contributed by atoms with Gasteiger partial charge in [0.1, 0.15) is 0 Å². The lowest BCUT2D eigenvalue weighted by molar-refractivity contribution is 0.296. The molecule has 0 bridgehead atoms. The van der Waals surface area contributed by atoms with Gasteiger partial charge in [-0.25, -0.2) is 0 Å². The molecule has 1 heterocycles. The smallest absolute Gasteiger partial charge is 0.0959 e. The third-order valence-corrected chi connectivity index (χ3v) is 5.27. The number of rotatable bonds is 3. The summed E-state index contributed by atoms with van der Waals surface area (Å²) >= 11 is 2.06. The van der Waals surface area contributed by atoms with E-state index in [4.69, 9.17) is 4.74 Å². The fourth-order valence-electron chi connectivity index (χ4n) is 2.72. The summed E-state index contributed by atoms with van der Waals surface area (Å²) in [5.74, 6) is 0. The SMILES string of the molecule is c1ccc(SC2(C3CO3)CCCCC2)cc1. The van der Waals surface area contributed by atoms with Crippen LogP contribution in [0.1, 0.15) is 32.1 Å². The van der Waals surface area contributed by atoms with Crippen LogP contribution in [0.25, 0.3) is 0 Å². The fraction of sp³-hybridized carbons (Fsp3) is 0.571. The van der Waals surface area contributed by atoms with Crippen molar-refractivity contribution in [1.82, 2.24) is 0 Å². The second kappa shape index (κ2) is 4.42. The van der Waals surface area contributed by atoms with Crippen molar-refractivity contribution < 1.29 is 4.74 Å². The Morgan fingerprint density at radius 1 is 1.06 bits per heavy atom. The minimum Gasteiger partial charge on any atom is -0.372 e. The molecule has 86 valence electrons. The van der Waals surface area contributed by atoms with E-state index in [0.29, 0.717) is 10.9 Å². The molecular weight excluding hydrogens is 216 g/mol. The largest absolute Gasteiger partial charge is 0.372 e. The lowest BCUT2D eigenvalue weighted by Crippen LogP contribution is -2.34. The number of hydrogen-bond donors (Lipinski definition) is 0. The topological polar surface area (TPSA) is 12.5 Å². The van der Waals surface area contributed by atoms with Crippen LogP contribution in [0.2, 0.25) is 0 Å². The van der Waals surface area contributed by atoms with Gasteiger partial charge in [-0.2, -0.15) is 0 Å². The summed E-state index contributed by atoms with van der Waals surface area (Å²) in [6.07, 6.45) is 7.34. The van der Waals surface area contributed by atoms with Crippen LogP contribution in [0.3, 0.4) is 0 Å². The Labute approximate surface area is 102 Å². The maximum atomic E-state index is 5.60. The van der Waals surface area contributed by atoms with Crippen LogP contribution in [0.15, 0.2) is 35.2 Å². The van der Waals surface area contributed by atoms with Crippen LogP contribution in [0.4, 0.5) is 0 Å². The molecule has 1 nitrogen and oxygen atoms in total. The van der Waals surface area contributed by atoms with E-state index in [9.17, 15) is 0 Å². The molecule has 1 saturated heterocycles. The maximum Gasteiger partial charge on any atom is 0.0959 e. The zero-order valence-electron chi connectivity index (χ0n) is 9.52. The number of thioether (sulfide) groups is 1. The van der Waals surface area contributed by atoms with Crippen molar-refractivity contribution in [2.24, 2.45) is 0 Å². The van der Waals surface area contributed by atoms with E-state index in [1.807, 2.05) is 0 Å². The molecule has 1 aliphatic carbocycles. The summed E-state index contributed by atoms with van der Waals surface area (Å²) < 4.78 is 5.99. The summed E-state index contributed by atoms with van der Waals surface area (Å²) in [7, 11) is 0. The molecule has 1 atom stereocenters. The summed E-state index contributed by atoms with van der Waals surface area (Å²) in [5.41, 5.74) is 0. The number of hydrogen-bond acceptors (Lipinski definition) is 2. The van der Waals surface area contributed by atoms with Crippen LogP contribution in [0, 0.1) is 0 Å². The van der Waals surface area contributed by atoms with Gasteiger partial charge in [0.2, 0.25) is 0 Å². The third kappa shape index (κ3) is 2.14. The third-order valence-electron chi connectivity index (χ3n) is 3.68. The van der Waals surface area contributed by atoms with E-state index >= 15 is 0 Å². The summed E-state index contributed by atoms with van der Waals surface area (Å²) in [6, 6.07) is 10.8. The Morgan fingerprint density at radius 3 is 2.38 bits per heavy atom. The average Bonchev–Trinajstić information content (AvgIpc) is 3.16. The molecule has 2 fully saturated rings. The molecule has 3 rings (SSSR count). The number of epoxide rings is 1. The normalized spacial score (nSPS) is 27.6. The zero-order valence-corrected chi connectivity index (χ0v) is 10.3. The first-order valence-corrected chi connectivity index (χ1v) is 7.06. The molecule has 16 heavy (non-hydrogen) atoms. The lowest BCUT2D eigenvalue weighted by Gasteiger charge is -2.35.